The van der Waals surface area contributed by atoms with E-state index >= 15 is 0 Å². The van der Waals surface area contributed by atoms with E-state index in [1.807, 2.05) is 5.38 Å². The van der Waals surface area contributed by atoms with Crippen LogP contribution in [0.1, 0.15) is 53.1 Å². The Hall–Kier alpha value is -3.43. The van der Waals surface area contributed by atoms with Crippen molar-refractivity contribution in [2.45, 2.75) is 37.5 Å². The summed E-state index contributed by atoms with van der Waals surface area (Å²) in [5.74, 6) is -0.899. The number of carbonyl (C=O) groups excluding carboxylic acids is 1. The molecule has 1 amide bonds. The minimum Gasteiger partial charge on any atom is -0.467 e. The second kappa shape index (κ2) is 12.1. The molecule has 1 aromatic carbocycles. The number of rotatable bonds is 8. The first kappa shape index (κ1) is 30.0. The van der Waals surface area contributed by atoms with Gasteiger partial charge in [0.25, 0.3) is 5.91 Å². The van der Waals surface area contributed by atoms with Crippen molar-refractivity contribution in [1.29, 1.82) is 0 Å². The van der Waals surface area contributed by atoms with Gasteiger partial charge in [0.1, 0.15) is 11.3 Å². The Morgan fingerprint density at radius 1 is 1.21 bits per heavy atom. The van der Waals surface area contributed by atoms with Crippen molar-refractivity contribution in [3.8, 4) is 11.6 Å². The van der Waals surface area contributed by atoms with Crippen LogP contribution >= 0.6 is 22.9 Å². The first-order chi connectivity index (χ1) is 19.9. The number of oxime groups is 1. The molecule has 0 bridgehead atoms. The Kier molecular flexibility index (Phi) is 8.62. The third-order valence-corrected chi connectivity index (χ3v) is 8.49. The predicted molar refractivity (Wildman–Crippen MR) is 147 cm³/mol. The zero-order valence-corrected chi connectivity index (χ0v) is 24.4. The van der Waals surface area contributed by atoms with Crippen LogP contribution in [0.4, 0.5) is 13.2 Å². The fourth-order valence-corrected chi connectivity index (χ4v) is 6.43. The number of alkyl halides is 3. The molecule has 16 heteroatoms. The van der Waals surface area contributed by atoms with E-state index in [1.165, 1.54) is 23.6 Å². The van der Waals surface area contributed by atoms with Crippen molar-refractivity contribution in [3.05, 3.63) is 68.8 Å². The lowest BCUT2D eigenvalue weighted by Crippen LogP contribution is -2.40. The number of benzene rings is 1. The second-order valence-corrected chi connectivity index (χ2v) is 12.5. The van der Waals surface area contributed by atoms with Crippen molar-refractivity contribution < 1.29 is 40.1 Å². The first-order valence-corrected chi connectivity index (χ1v) is 15.8. The minimum atomic E-state index is -4.64. The van der Waals surface area contributed by atoms with Crippen molar-refractivity contribution in [1.82, 2.24) is 14.9 Å². The van der Waals surface area contributed by atoms with Crippen molar-refractivity contribution in [2.24, 2.45) is 5.16 Å². The topological polar surface area (TPSA) is 120 Å². The van der Waals surface area contributed by atoms with Gasteiger partial charge in [-0.3, -0.25) is 4.79 Å². The van der Waals surface area contributed by atoms with Crippen LogP contribution in [0.3, 0.4) is 0 Å². The van der Waals surface area contributed by atoms with Crippen LogP contribution < -0.4 is 8.92 Å². The molecule has 2 aromatic heterocycles. The van der Waals surface area contributed by atoms with E-state index in [0.29, 0.717) is 49.3 Å². The highest BCUT2D eigenvalue weighted by molar-refractivity contribution is 7.86. The molecule has 2 aliphatic heterocycles. The lowest BCUT2D eigenvalue weighted by atomic mass is 9.97. The molecule has 2 aliphatic rings. The molecular formula is C26H24ClF3N4O6S2. The third-order valence-electron chi connectivity index (χ3n) is 6.67. The van der Waals surface area contributed by atoms with Crippen LogP contribution in [0.2, 0.25) is 5.02 Å². The largest absolute Gasteiger partial charge is 0.467 e. The number of hydrogen-bond acceptors (Lipinski definition) is 10. The van der Waals surface area contributed by atoms with Gasteiger partial charge in [0, 0.05) is 37.0 Å². The summed E-state index contributed by atoms with van der Waals surface area (Å²) in [6, 6.07) is 6.68. The number of thiazole rings is 1. The highest BCUT2D eigenvalue weighted by Crippen LogP contribution is 2.41. The molecular weight excluding hydrogens is 621 g/mol. The maximum atomic E-state index is 13.1. The molecule has 0 radical (unpaired) electrons. The van der Waals surface area contributed by atoms with Gasteiger partial charge in [0.05, 0.1) is 27.5 Å². The fourth-order valence-electron chi connectivity index (χ4n) is 4.68. The Morgan fingerprint density at radius 3 is 2.69 bits per heavy atom. The lowest BCUT2D eigenvalue weighted by Gasteiger charge is -2.31. The normalized spacial score (nSPS) is 18.0. The van der Waals surface area contributed by atoms with Gasteiger partial charge in [-0.1, -0.05) is 22.8 Å². The van der Waals surface area contributed by atoms with Crippen molar-refractivity contribution >= 4 is 44.7 Å². The zero-order chi connectivity index (χ0) is 30.1. The van der Waals surface area contributed by atoms with E-state index in [1.54, 1.807) is 17.0 Å². The Morgan fingerprint density at radius 2 is 1.98 bits per heavy atom. The molecule has 0 spiro atoms. The number of aromatic nitrogens is 2. The summed E-state index contributed by atoms with van der Waals surface area (Å²) in [4.78, 5) is 28.1. The zero-order valence-electron chi connectivity index (χ0n) is 22.0. The maximum Gasteiger partial charge on any atom is 0.421 e. The number of ether oxygens (including phenoxy) is 1. The molecule has 1 saturated heterocycles. The third kappa shape index (κ3) is 6.95. The van der Waals surface area contributed by atoms with Gasteiger partial charge >= 0.3 is 16.3 Å². The summed E-state index contributed by atoms with van der Waals surface area (Å²) >= 11 is 7.80. The van der Waals surface area contributed by atoms with Crippen LogP contribution in [-0.4, -0.2) is 60.9 Å². The van der Waals surface area contributed by atoms with E-state index in [-0.39, 0.29) is 16.7 Å². The number of amides is 1. The molecule has 0 aliphatic carbocycles. The Bertz CT molecular complexity index is 1610. The molecule has 224 valence electrons. The number of nitrogens with zero attached hydrogens (tertiary/aromatic N) is 4. The monoisotopic (exact) mass is 644 g/mol. The van der Waals surface area contributed by atoms with Crippen molar-refractivity contribution in [2.75, 3.05) is 26.0 Å². The summed E-state index contributed by atoms with van der Waals surface area (Å²) in [6.45, 7) is 0.255. The molecule has 0 saturated carbocycles. The van der Waals surface area contributed by atoms with Gasteiger partial charge in [-0.25, -0.2) is 9.97 Å². The molecule has 42 heavy (non-hydrogen) atoms. The highest BCUT2D eigenvalue weighted by atomic mass is 35.5. The molecule has 5 rings (SSSR count). The SMILES string of the molecule is CS(=O)(=O)Oc1cccc(Cl)c1C1CC(c2csc(C3CCN(C(=O)COc4ncccc4C(F)(F)F)CC3)n2)=NO1. The lowest BCUT2D eigenvalue weighted by molar-refractivity contribution is -0.141. The number of piperidine rings is 1. The van der Waals surface area contributed by atoms with E-state index in [2.05, 4.69) is 10.1 Å². The number of likely N-dealkylation sites (tertiary alicyclic amines) is 1. The van der Waals surface area contributed by atoms with Crippen LogP contribution in [0, 0.1) is 0 Å². The quantitative estimate of drug-likeness (QED) is 0.307. The summed E-state index contributed by atoms with van der Waals surface area (Å²) < 4.78 is 73.1. The van der Waals surface area contributed by atoms with Crippen LogP contribution in [0.5, 0.6) is 11.6 Å². The number of hydrogen-bond donors (Lipinski definition) is 0. The summed E-state index contributed by atoms with van der Waals surface area (Å²) in [5.41, 5.74) is 0.537. The number of halogens is 4. The summed E-state index contributed by atoms with van der Waals surface area (Å²) in [5, 5.41) is 7.16. The number of carbonyl (C=O) groups is 1. The smallest absolute Gasteiger partial charge is 0.421 e. The Balaban J connectivity index is 1.16. The standard InChI is InChI=1S/C26H24ClF3N4O6S2/c1-42(36,37)40-20-6-2-5-17(27)23(20)21-12-18(33-39-21)19-14-41-25(32-19)15-7-10-34(11-8-15)22(35)13-38-24-16(26(28,29)30)4-3-9-31-24/h2-6,9,14-15,21H,7-8,10-13H2,1H3. The molecule has 1 fully saturated rings. The number of pyridine rings is 1. The van der Waals surface area contributed by atoms with E-state index < -0.39 is 46.4 Å². The second-order valence-electron chi connectivity index (χ2n) is 9.64. The predicted octanol–water partition coefficient (Wildman–Crippen LogP) is 5.20. The van der Waals surface area contributed by atoms with Crippen LogP contribution in [0.25, 0.3) is 0 Å². The van der Waals surface area contributed by atoms with Crippen LogP contribution in [-0.2, 0) is 25.9 Å². The van der Waals surface area contributed by atoms with Gasteiger partial charge in [0.2, 0.25) is 5.88 Å². The minimum absolute atomic E-state index is 0.0675. The van der Waals surface area contributed by atoms with Gasteiger partial charge in [0.15, 0.2) is 18.5 Å². The average Bonchev–Trinajstić information content (AvgIpc) is 3.61. The van der Waals surface area contributed by atoms with Crippen LogP contribution in [0.15, 0.2) is 47.1 Å². The summed E-state index contributed by atoms with van der Waals surface area (Å²) in [7, 11) is -3.79. The molecule has 0 N–H and O–H groups in total. The van der Waals surface area contributed by atoms with Gasteiger partial charge < -0.3 is 18.7 Å². The first-order valence-electron chi connectivity index (χ1n) is 12.7. The van der Waals surface area contributed by atoms with E-state index in [0.717, 1.165) is 23.4 Å². The fraction of sp³-hybridized carbons (Fsp3) is 0.385. The molecule has 4 heterocycles. The van der Waals surface area contributed by atoms with E-state index in [9.17, 15) is 26.4 Å². The van der Waals surface area contributed by atoms with Gasteiger partial charge in [-0.05, 0) is 37.1 Å². The average molecular weight is 645 g/mol. The van der Waals surface area contributed by atoms with Gasteiger partial charge in [-0.15, -0.1) is 11.3 Å². The molecule has 1 atom stereocenters. The summed E-state index contributed by atoms with van der Waals surface area (Å²) in [6.07, 6.45) is -1.65. The highest BCUT2D eigenvalue weighted by Gasteiger charge is 2.36. The van der Waals surface area contributed by atoms with Gasteiger partial charge in [-0.2, -0.15) is 21.6 Å². The molecule has 10 nitrogen and oxygen atoms in total. The maximum absolute atomic E-state index is 13.1. The van der Waals surface area contributed by atoms with Crippen molar-refractivity contribution in [3.63, 3.8) is 0 Å². The Labute approximate surface area is 248 Å². The van der Waals surface area contributed by atoms with E-state index in [4.69, 9.17) is 30.3 Å². The molecule has 3 aromatic rings. The molecule has 1 unspecified atom stereocenters.